The second-order valence-electron chi connectivity index (χ2n) is 11.2. The van der Waals surface area contributed by atoms with E-state index in [9.17, 15) is 28.8 Å². The zero-order valence-corrected chi connectivity index (χ0v) is 32.0. The Morgan fingerprint density at radius 2 is 0.630 bits per heavy atom. The molecule has 0 heterocycles. The molecule has 0 rings (SSSR count). The van der Waals surface area contributed by atoms with Gasteiger partial charge in [-0.15, -0.1) is 0 Å². The first-order valence-corrected chi connectivity index (χ1v) is 19.8. The zero-order chi connectivity index (χ0) is 35.4. The number of carbonyl (C=O) groups is 6. The monoisotopic (exact) mass is 714 g/mol. The molecule has 46 heavy (non-hydrogen) atoms. The van der Waals surface area contributed by atoms with Crippen LogP contribution in [0.2, 0.25) is 0 Å². The van der Waals surface area contributed by atoms with Gasteiger partial charge in [0, 0.05) is 0 Å². The third-order valence-electron chi connectivity index (χ3n) is 8.30. The van der Waals surface area contributed by atoms with Crippen LogP contribution in [0.5, 0.6) is 0 Å². The van der Waals surface area contributed by atoms with Crippen molar-refractivity contribution in [2.75, 3.05) is 19.8 Å². The van der Waals surface area contributed by atoms with E-state index in [0.29, 0.717) is 77.6 Å². The summed E-state index contributed by atoms with van der Waals surface area (Å²) in [6.45, 7) is 17.3. The molecule has 0 radical (unpaired) electrons. The molecule has 0 fully saturated rings. The van der Waals surface area contributed by atoms with Gasteiger partial charge in [-0.3, -0.25) is 0 Å². The van der Waals surface area contributed by atoms with Crippen molar-refractivity contribution in [3.63, 3.8) is 0 Å². The van der Waals surface area contributed by atoms with E-state index in [1.807, 2.05) is 20.8 Å². The Balaban J connectivity index is 6.03. The summed E-state index contributed by atoms with van der Waals surface area (Å²) >= 11 is -4.60. The molecular formula is C33H57GaO12. The van der Waals surface area contributed by atoms with Crippen LogP contribution in [0, 0.1) is 0 Å². The van der Waals surface area contributed by atoms with Crippen LogP contribution >= 0.6 is 0 Å². The van der Waals surface area contributed by atoms with E-state index in [-0.39, 0.29) is 0 Å². The number of ketones is 3. The van der Waals surface area contributed by atoms with Gasteiger partial charge in [0.1, 0.15) is 0 Å². The van der Waals surface area contributed by atoms with Crippen LogP contribution in [0.25, 0.3) is 0 Å². The fourth-order valence-electron chi connectivity index (χ4n) is 5.07. The second-order valence-corrected chi connectivity index (χ2v) is 13.9. The standard InChI is InChI=1S/3C11H20O4.Ga/c3*1-4-7-15-11(5-2,6-3)9(12)8-10(13)14;/h3*4-8H2,1-3H3,(H,13,14);/q;;;+3/p-3. The van der Waals surface area contributed by atoms with Gasteiger partial charge >= 0.3 is 282 Å². The molecule has 0 aromatic carbocycles. The van der Waals surface area contributed by atoms with E-state index in [1.165, 1.54) is 0 Å². The van der Waals surface area contributed by atoms with Gasteiger partial charge in [-0.2, -0.15) is 0 Å². The Kier molecular flexibility index (Phi) is 21.5. The SMILES string of the molecule is CCCOC(CC)(CC)C(=O)CC(=O)[O][Ga]([O]C(=O)CC(=O)C(CC)(CC)OCCC)[O]C(=O)CC(=O)C(CC)(CC)OCCC. The molecule has 0 N–H and O–H groups in total. The van der Waals surface area contributed by atoms with Gasteiger partial charge < -0.3 is 0 Å². The summed E-state index contributed by atoms with van der Waals surface area (Å²) in [5, 5.41) is 0. The molecular weight excluding hydrogens is 658 g/mol. The van der Waals surface area contributed by atoms with Gasteiger partial charge in [0.05, 0.1) is 0 Å². The Morgan fingerprint density at radius 1 is 0.413 bits per heavy atom. The average molecular weight is 716 g/mol. The van der Waals surface area contributed by atoms with Crippen LogP contribution in [-0.2, 0) is 53.6 Å². The summed E-state index contributed by atoms with van der Waals surface area (Å²) in [7, 11) is 0. The minimum atomic E-state index is -4.60. The predicted molar refractivity (Wildman–Crippen MR) is 172 cm³/mol. The van der Waals surface area contributed by atoms with Crippen LogP contribution in [0.15, 0.2) is 0 Å². The third kappa shape index (κ3) is 13.2. The van der Waals surface area contributed by atoms with Gasteiger partial charge in [-0.05, 0) is 0 Å². The zero-order valence-electron chi connectivity index (χ0n) is 29.6. The second kappa shape index (κ2) is 22.5. The van der Waals surface area contributed by atoms with Crippen LogP contribution in [0.3, 0.4) is 0 Å². The molecule has 264 valence electrons. The molecule has 0 saturated heterocycles. The molecule has 0 atom stereocenters. The summed E-state index contributed by atoms with van der Waals surface area (Å²) in [6.07, 6.45) is 1.81. The number of Topliss-reactive ketones (excluding diaryl/α,β-unsaturated/α-hetero) is 3. The van der Waals surface area contributed by atoms with E-state index in [0.717, 1.165) is 0 Å². The Morgan fingerprint density at radius 3 is 0.804 bits per heavy atom. The summed E-state index contributed by atoms with van der Waals surface area (Å²) in [4.78, 5) is 78.3. The van der Waals surface area contributed by atoms with Crippen molar-refractivity contribution in [1.29, 1.82) is 0 Å². The molecule has 0 aromatic heterocycles. The molecule has 0 aliphatic rings. The van der Waals surface area contributed by atoms with Crippen molar-refractivity contribution in [2.45, 2.75) is 156 Å². The maximum absolute atomic E-state index is 13.1. The Bertz CT molecular complexity index is 859. The van der Waals surface area contributed by atoms with Crippen LogP contribution in [0.1, 0.15) is 139 Å². The van der Waals surface area contributed by atoms with Gasteiger partial charge in [0.15, 0.2) is 0 Å². The first-order valence-electron chi connectivity index (χ1n) is 16.9. The molecule has 0 aliphatic heterocycles. The van der Waals surface area contributed by atoms with E-state index < -0.39 is 88.6 Å². The summed E-state index contributed by atoms with van der Waals surface area (Å²) in [5.41, 5.74) is -3.60. The average Bonchev–Trinajstić information content (AvgIpc) is 3.03. The number of hydrogen-bond donors (Lipinski definition) is 0. The molecule has 0 unspecified atom stereocenters. The fourth-order valence-corrected chi connectivity index (χ4v) is 7.25. The van der Waals surface area contributed by atoms with E-state index in [2.05, 4.69) is 0 Å². The summed E-state index contributed by atoms with van der Waals surface area (Å²) in [6, 6.07) is 0. The van der Waals surface area contributed by atoms with Crippen molar-refractivity contribution in [1.82, 2.24) is 0 Å². The normalized spacial score (nSPS) is 11.9. The minimum absolute atomic E-state index is 0.318. The molecule has 0 aromatic rings. The Labute approximate surface area is 281 Å². The van der Waals surface area contributed by atoms with Crippen molar-refractivity contribution in [2.24, 2.45) is 0 Å². The molecule has 0 aliphatic carbocycles. The molecule has 13 heteroatoms. The van der Waals surface area contributed by atoms with Crippen LogP contribution in [0.4, 0.5) is 0 Å². The van der Waals surface area contributed by atoms with Gasteiger partial charge in [0.25, 0.3) is 0 Å². The van der Waals surface area contributed by atoms with Crippen molar-refractivity contribution in [3.05, 3.63) is 0 Å². The van der Waals surface area contributed by atoms with E-state index in [1.54, 1.807) is 41.5 Å². The predicted octanol–water partition coefficient (Wildman–Crippen LogP) is 5.43. The molecule has 0 saturated carbocycles. The third-order valence-corrected chi connectivity index (χ3v) is 11.2. The number of rotatable bonds is 27. The fraction of sp³-hybridized carbons (Fsp3) is 0.818. The van der Waals surface area contributed by atoms with Gasteiger partial charge in [-0.1, -0.05) is 0 Å². The molecule has 12 nitrogen and oxygen atoms in total. The summed E-state index contributed by atoms with van der Waals surface area (Å²) in [5.74, 6) is -4.76. The number of hydrogen-bond acceptors (Lipinski definition) is 12. The van der Waals surface area contributed by atoms with Crippen molar-refractivity contribution < 1.29 is 53.6 Å². The number of ether oxygens (including phenoxy) is 3. The summed E-state index contributed by atoms with van der Waals surface area (Å²) < 4.78 is 33.4. The Hall–Kier alpha value is -2.06. The topological polar surface area (TPSA) is 158 Å². The van der Waals surface area contributed by atoms with Crippen molar-refractivity contribution >= 4 is 52.6 Å². The first-order chi connectivity index (χ1) is 21.8. The van der Waals surface area contributed by atoms with Crippen molar-refractivity contribution in [3.8, 4) is 0 Å². The maximum atomic E-state index is 13.1. The van der Waals surface area contributed by atoms with E-state index in [4.69, 9.17) is 24.8 Å². The quantitative estimate of drug-likeness (QED) is 0.0786. The molecule has 0 spiro atoms. The van der Waals surface area contributed by atoms with Gasteiger partial charge in [0.2, 0.25) is 0 Å². The van der Waals surface area contributed by atoms with Crippen LogP contribution < -0.4 is 0 Å². The number of carbonyl (C=O) groups excluding carboxylic acids is 6. The van der Waals surface area contributed by atoms with Crippen LogP contribution in [-0.4, -0.2) is 89.2 Å². The van der Waals surface area contributed by atoms with Gasteiger partial charge in [-0.25, -0.2) is 0 Å². The molecule has 0 bridgehead atoms. The molecule has 0 amide bonds. The van der Waals surface area contributed by atoms with E-state index >= 15 is 0 Å². The first kappa shape index (κ1) is 43.9.